The van der Waals surface area contributed by atoms with Gasteiger partial charge in [-0.05, 0) is 25.2 Å². The fraction of sp³-hybridized carbons (Fsp3) is 0.417. The first-order valence-corrected chi connectivity index (χ1v) is 6.67. The summed E-state index contributed by atoms with van der Waals surface area (Å²) < 4.78 is 5.21. The van der Waals surface area contributed by atoms with Crippen molar-refractivity contribution in [2.45, 2.75) is 26.2 Å². The molecule has 5 heteroatoms. The van der Waals surface area contributed by atoms with Gasteiger partial charge in [0.15, 0.2) is 0 Å². The van der Waals surface area contributed by atoms with Gasteiger partial charge in [0.1, 0.15) is 5.69 Å². The number of rotatable bonds is 2. The molecule has 1 aliphatic rings. The predicted molar refractivity (Wildman–Crippen MR) is 66.4 cm³/mol. The molecule has 0 spiro atoms. The molecule has 0 saturated heterocycles. The molecule has 17 heavy (non-hydrogen) atoms. The lowest BCUT2D eigenvalue weighted by molar-refractivity contribution is 0.410. The summed E-state index contributed by atoms with van der Waals surface area (Å²) in [5, 5.41) is 5.85. The molecule has 1 atom stereocenters. The van der Waals surface area contributed by atoms with Crippen LogP contribution in [0.3, 0.4) is 0 Å². The summed E-state index contributed by atoms with van der Waals surface area (Å²) in [5.74, 6) is 1.95. The van der Waals surface area contributed by atoms with Gasteiger partial charge >= 0.3 is 0 Å². The average molecular weight is 247 g/mol. The van der Waals surface area contributed by atoms with E-state index in [4.69, 9.17) is 4.52 Å². The van der Waals surface area contributed by atoms with Crippen LogP contribution in [0.25, 0.3) is 17.6 Å². The van der Waals surface area contributed by atoms with Crippen molar-refractivity contribution in [1.29, 1.82) is 0 Å². The zero-order valence-corrected chi connectivity index (χ0v) is 10.4. The summed E-state index contributed by atoms with van der Waals surface area (Å²) in [7, 11) is 0. The monoisotopic (exact) mass is 247 g/mol. The molecule has 1 fully saturated rings. The fourth-order valence-corrected chi connectivity index (χ4v) is 2.64. The highest BCUT2D eigenvalue weighted by Crippen LogP contribution is 2.31. The van der Waals surface area contributed by atoms with E-state index in [0.29, 0.717) is 11.7 Å². The van der Waals surface area contributed by atoms with Crippen LogP contribution < -0.4 is 0 Å². The summed E-state index contributed by atoms with van der Waals surface area (Å²) in [6.07, 6.45) is 5.58. The molecule has 1 saturated carbocycles. The van der Waals surface area contributed by atoms with Crippen LogP contribution in [0.4, 0.5) is 0 Å². The topological polar surface area (TPSA) is 51.8 Å². The highest BCUT2D eigenvalue weighted by molar-refractivity contribution is 7.07. The van der Waals surface area contributed by atoms with Crippen molar-refractivity contribution in [3.8, 4) is 11.5 Å². The van der Waals surface area contributed by atoms with Gasteiger partial charge in [-0.3, -0.25) is 0 Å². The molecule has 3 rings (SSSR count). The third kappa shape index (κ3) is 2.29. The zero-order chi connectivity index (χ0) is 11.7. The molecule has 2 heterocycles. The maximum Gasteiger partial charge on any atom is 0.250 e. The second-order valence-electron chi connectivity index (χ2n) is 4.48. The van der Waals surface area contributed by atoms with Gasteiger partial charge in [-0.15, -0.1) is 11.3 Å². The van der Waals surface area contributed by atoms with Crippen LogP contribution in [0, 0.1) is 5.92 Å². The van der Waals surface area contributed by atoms with E-state index in [1.807, 2.05) is 11.5 Å². The maximum absolute atomic E-state index is 5.21. The quantitative estimate of drug-likeness (QED) is 0.816. The van der Waals surface area contributed by atoms with Crippen molar-refractivity contribution < 1.29 is 4.52 Å². The fourth-order valence-electron chi connectivity index (χ4n) is 2.11. The third-order valence-electron chi connectivity index (χ3n) is 3.00. The lowest BCUT2D eigenvalue weighted by Crippen LogP contribution is -1.82. The highest BCUT2D eigenvalue weighted by Gasteiger charge is 2.16. The first kappa shape index (κ1) is 10.7. The lowest BCUT2D eigenvalue weighted by atomic mass is 10.1. The second kappa shape index (κ2) is 4.41. The maximum atomic E-state index is 5.21. The molecule has 0 bridgehead atoms. The largest absolute Gasteiger partial charge is 0.334 e. The van der Waals surface area contributed by atoms with Crippen LogP contribution in [0.5, 0.6) is 0 Å². The third-order valence-corrected chi connectivity index (χ3v) is 3.59. The van der Waals surface area contributed by atoms with Crippen LogP contribution in [-0.2, 0) is 0 Å². The van der Waals surface area contributed by atoms with E-state index in [1.165, 1.54) is 23.3 Å². The summed E-state index contributed by atoms with van der Waals surface area (Å²) in [6, 6.07) is 0. The Bertz CT molecular complexity index is 530. The van der Waals surface area contributed by atoms with Crippen molar-refractivity contribution in [2.24, 2.45) is 5.92 Å². The number of hydrogen-bond donors (Lipinski definition) is 0. The van der Waals surface area contributed by atoms with Crippen molar-refractivity contribution in [3.05, 3.63) is 22.4 Å². The lowest BCUT2D eigenvalue weighted by Gasteiger charge is -1.94. The van der Waals surface area contributed by atoms with Crippen LogP contribution in [0.15, 0.2) is 21.0 Å². The number of nitrogens with zero attached hydrogens (tertiary/aromatic N) is 3. The summed E-state index contributed by atoms with van der Waals surface area (Å²) >= 11 is 1.53. The van der Waals surface area contributed by atoms with Gasteiger partial charge in [0.05, 0.1) is 5.51 Å². The highest BCUT2D eigenvalue weighted by atomic mass is 32.1. The van der Waals surface area contributed by atoms with Crippen molar-refractivity contribution in [1.82, 2.24) is 15.1 Å². The van der Waals surface area contributed by atoms with Crippen LogP contribution >= 0.6 is 11.3 Å². The molecule has 88 valence electrons. The van der Waals surface area contributed by atoms with E-state index in [2.05, 4.69) is 22.0 Å². The average Bonchev–Trinajstić information content (AvgIpc) is 3.00. The van der Waals surface area contributed by atoms with Gasteiger partial charge in [-0.1, -0.05) is 17.7 Å². The Morgan fingerprint density at radius 3 is 3.18 bits per heavy atom. The Kier molecular flexibility index (Phi) is 2.76. The van der Waals surface area contributed by atoms with Gasteiger partial charge in [-0.2, -0.15) is 4.98 Å². The smallest absolute Gasteiger partial charge is 0.250 e. The molecule has 1 unspecified atom stereocenters. The minimum atomic E-state index is 0.573. The molecule has 0 amide bonds. The van der Waals surface area contributed by atoms with Gasteiger partial charge in [0.2, 0.25) is 5.82 Å². The van der Waals surface area contributed by atoms with E-state index in [1.54, 1.807) is 5.51 Å². The Balaban J connectivity index is 1.81. The van der Waals surface area contributed by atoms with Crippen molar-refractivity contribution in [2.75, 3.05) is 0 Å². The SMILES string of the molecule is CC1CCC(=Cc2nc(-c3cscn3)no2)C1. The van der Waals surface area contributed by atoms with E-state index in [9.17, 15) is 0 Å². The van der Waals surface area contributed by atoms with Crippen molar-refractivity contribution in [3.63, 3.8) is 0 Å². The first-order chi connectivity index (χ1) is 8.31. The van der Waals surface area contributed by atoms with E-state index >= 15 is 0 Å². The number of thiazole rings is 1. The number of aromatic nitrogens is 3. The van der Waals surface area contributed by atoms with Crippen molar-refractivity contribution >= 4 is 17.4 Å². The summed E-state index contributed by atoms with van der Waals surface area (Å²) in [6.45, 7) is 2.27. The first-order valence-electron chi connectivity index (χ1n) is 5.73. The Morgan fingerprint density at radius 1 is 1.53 bits per heavy atom. The standard InChI is InChI=1S/C12H13N3OS/c1-8-2-3-9(4-8)5-11-14-12(15-16-11)10-6-17-7-13-10/h5-8H,2-4H2,1H3. The Morgan fingerprint density at radius 2 is 2.47 bits per heavy atom. The molecule has 2 aromatic rings. The summed E-state index contributed by atoms with van der Waals surface area (Å²) in [5.41, 5.74) is 3.96. The molecule has 4 nitrogen and oxygen atoms in total. The Hall–Kier alpha value is -1.49. The molecule has 0 aromatic carbocycles. The second-order valence-corrected chi connectivity index (χ2v) is 5.20. The molecular weight excluding hydrogens is 234 g/mol. The molecule has 0 N–H and O–H groups in total. The minimum Gasteiger partial charge on any atom is -0.334 e. The van der Waals surface area contributed by atoms with Gasteiger partial charge in [0, 0.05) is 11.5 Å². The van der Waals surface area contributed by atoms with Crippen LogP contribution in [0.2, 0.25) is 0 Å². The molecule has 2 aromatic heterocycles. The van der Waals surface area contributed by atoms with Crippen LogP contribution in [0.1, 0.15) is 32.1 Å². The molecule has 1 aliphatic carbocycles. The molecule has 0 radical (unpaired) electrons. The zero-order valence-electron chi connectivity index (χ0n) is 9.59. The molecular formula is C12H13N3OS. The summed E-state index contributed by atoms with van der Waals surface area (Å²) in [4.78, 5) is 8.49. The van der Waals surface area contributed by atoms with E-state index < -0.39 is 0 Å². The number of hydrogen-bond acceptors (Lipinski definition) is 5. The van der Waals surface area contributed by atoms with E-state index in [-0.39, 0.29) is 0 Å². The Labute approximate surface area is 103 Å². The number of allylic oxidation sites excluding steroid dienone is 1. The van der Waals surface area contributed by atoms with E-state index in [0.717, 1.165) is 24.5 Å². The predicted octanol–water partition coefficient (Wildman–Crippen LogP) is 3.40. The normalized spacial score (nSPS) is 22.4. The van der Waals surface area contributed by atoms with Crippen LogP contribution in [-0.4, -0.2) is 15.1 Å². The minimum absolute atomic E-state index is 0.573. The van der Waals surface area contributed by atoms with Gasteiger partial charge < -0.3 is 4.52 Å². The van der Waals surface area contributed by atoms with Gasteiger partial charge in [-0.25, -0.2) is 4.98 Å². The van der Waals surface area contributed by atoms with Gasteiger partial charge in [0.25, 0.3) is 5.89 Å². The molecule has 0 aliphatic heterocycles.